The van der Waals surface area contributed by atoms with Gasteiger partial charge < -0.3 is 5.43 Å². The largest absolute Gasteiger partial charge is 0.307 e. The molecule has 1 aliphatic carbocycles. The Balaban J connectivity index is 2.07. The van der Waals surface area contributed by atoms with Crippen LogP contribution in [0, 0.1) is 11.3 Å². The van der Waals surface area contributed by atoms with Crippen LogP contribution in [-0.4, -0.2) is 12.3 Å². The molecule has 0 aromatic rings. The lowest BCUT2D eigenvalue weighted by molar-refractivity contribution is 0.279. The van der Waals surface area contributed by atoms with Crippen LogP contribution in [0.25, 0.3) is 0 Å². The molecule has 0 radical (unpaired) electrons. The Bertz CT molecular complexity index is 196. The molecule has 0 saturated heterocycles. The predicted octanol–water partition coefficient (Wildman–Crippen LogP) is 2.16. The normalized spacial score (nSPS) is 38.5. The van der Waals surface area contributed by atoms with Crippen LogP contribution in [0.15, 0.2) is 5.10 Å². The maximum atomic E-state index is 4.16. The zero-order chi connectivity index (χ0) is 8.60. The highest BCUT2D eigenvalue weighted by atomic mass is 15.3. The van der Waals surface area contributed by atoms with Crippen LogP contribution < -0.4 is 5.43 Å². The lowest BCUT2D eigenvalue weighted by atomic mass is 9.83. The fourth-order valence-electron chi connectivity index (χ4n) is 2.42. The number of hydrazone groups is 1. The van der Waals surface area contributed by atoms with Gasteiger partial charge in [0.15, 0.2) is 0 Å². The molecule has 1 fully saturated rings. The average molecular weight is 166 g/mol. The number of fused-ring (bicyclic) bond motifs is 1. The molecular formula is C10H18N2. The quantitative estimate of drug-likeness (QED) is 0.586. The number of hydrogen-bond acceptors (Lipinski definition) is 2. The Morgan fingerprint density at radius 1 is 1.50 bits per heavy atom. The van der Waals surface area contributed by atoms with Crippen LogP contribution in [0.2, 0.25) is 0 Å². The van der Waals surface area contributed by atoms with Gasteiger partial charge in [0.2, 0.25) is 0 Å². The summed E-state index contributed by atoms with van der Waals surface area (Å²) in [7, 11) is 0. The molecule has 2 atom stereocenters. The van der Waals surface area contributed by atoms with E-state index in [1.807, 2.05) is 0 Å². The van der Waals surface area contributed by atoms with Crippen molar-refractivity contribution >= 4 is 6.21 Å². The number of rotatable bonds is 0. The van der Waals surface area contributed by atoms with Crippen LogP contribution in [0.4, 0.5) is 0 Å². The van der Waals surface area contributed by atoms with E-state index in [2.05, 4.69) is 30.6 Å². The van der Waals surface area contributed by atoms with Crippen molar-refractivity contribution in [2.45, 2.75) is 45.6 Å². The zero-order valence-corrected chi connectivity index (χ0v) is 8.01. The van der Waals surface area contributed by atoms with Crippen LogP contribution in [0.5, 0.6) is 0 Å². The summed E-state index contributed by atoms with van der Waals surface area (Å²) in [5, 5.41) is 4.16. The first-order valence-electron chi connectivity index (χ1n) is 4.96. The summed E-state index contributed by atoms with van der Waals surface area (Å²) in [5.41, 5.74) is 3.74. The number of nitrogens with one attached hydrogen (secondary N) is 1. The third-order valence-corrected chi connectivity index (χ3v) is 3.19. The summed E-state index contributed by atoms with van der Waals surface area (Å²) in [5.74, 6) is 0.715. The highest BCUT2D eigenvalue weighted by Crippen LogP contribution is 2.36. The molecule has 0 aromatic heterocycles. The van der Waals surface area contributed by atoms with Gasteiger partial charge in [-0.3, -0.25) is 0 Å². The smallest absolute Gasteiger partial charge is 0.0523 e. The summed E-state index contributed by atoms with van der Waals surface area (Å²) >= 11 is 0. The molecule has 12 heavy (non-hydrogen) atoms. The van der Waals surface area contributed by atoms with Crippen LogP contribution >= 0.6 is 0 Å². The second kappa shape index (κ2) is 2.75. The summed E-state index contributed by atoms with van der Waals surface area (Å²) in [6.45, 7) is 4.74. The Kier molecular flexibility index (Phi) is 1.85. The number of nitrogens with zero attached hydrogens (tertiary/aromatic N) is 1. The maximum absolute atomic E-state index is 4.16. The Morgan fingerprint density at radius 2 is 2.33 bits per heavy atom. The topological polar surface area (TPSA) is 24.4 Å². The fraction of sp³-hybridized carbons (Fsp3) is 0.900. The summed E-state index contributed by atoms with van der Waals surface area (Å²) in [6.07, 6.45) is 7.44. The van der Waals surface area contributed by atoms with E-state index >= 15 is 0 Å². The summed E-state index contributed by atoms with van der Waals surface area (Å²) < 4.78 is 0. The zero-order valence-electron chi connectivity index (χ0n) is 8.01. The minimum atomic E-state index is 0.514. The average Bonchev–Trinajstić information content (AvgIpc) is 2.31. The van der Waals surface area contributed by atoms with Gasteiger partial charge in [-0.25, -0.2) is 0 Å². The van der Waals surface area contributed by atoms with E-state index in [0.29, 0.717) is 17.4 Å². The molecule has 0 amide bonds. The molecule has 0 aromatic carbocycles. The van der Waals surface area contributed by atoms with Crippen molar-refractivity contribution < 1.29 is 0 Å². The molecule has 1 saturated carbocycles. The van der Waals surface area contributed by atoms with Crippen LogP contribution in [0.1, 0.15) is 39.5 Å². The van der Waals surface area contributed by atoms with E-state index in [4.69, 9.17) is 0 Å². The third-order valence-electron chi connectivity index (χ3n) is 3.19. The van der Waals surface area contributed by atoms with Crippen LogP contribution in [0.3, 0.4) is 0 Å². The molecule has 2 rings (SSSR count). The second-order valence-electron chi connectivity index (χ2n) is 4.94. The van der Waals surface area contributed by atoms with E-state index in [0.717, 1.165) is 0 Å². The van der Waals surface area contributed by atoms with Crippen molar-refractivity contribution in [2.75, 3.05) is 0 Å². The van der Waals surface area contributed by atoms with Gasteiger partial charge >= 0.3 is 0 Å². The Hall–Kier alpha value is -0.530. The van der Waals surface area contributed by atoms with Gasteiger partial charge in [0.05, 0.1) is 6.04 Å². The molecule has 68 valence electrons. The lowest BCUT2D eigenvalue weighted by Gasteiger charge is -2.25. The minimum absolute atomic E-state index is 0.514. The molecule has 0 bridgehead atoms. The van der Waals surface area contributed by atoms with Gasteiger partial charge in [0.1, 0.15) is 0 Å². The summed E-state index contributed by atoms with van der Waals surface area (Å²) in [6, 6.07) is 0.627. The van der Waals surface area contributed by atoms with E-state index in [9.17, 15) is 0 Å². The van der Waals surface area contributed by atoms with Crippen molar-refractivity contribution in [2.24, 2.45) is 16.4 Å². The van der Waals surface area contributed by atoms with Crippen molar-refractivity contribution in [1.29, 1.82) is 0 Å². The molecule has 1 aliphatic heterocycles. The molecular weight excluding hydrogens is 148 g/mol. The maximum Gasteiger partial charge on any atom is 0.0523 e. The minimum Gasteiger partial charge on any atom is -0.307 e. The Labute approximate surface area is 74.4 Å². The van der Waals surface area contributed by atoms with Gasteiger partial charge in [-0.05, 0) is 24.7 Å². The first-order valence-corrected chi connectivity index (χ1v) is 4.96. The Morgan fingerprint density at radius 3 is 3.17 bits per heavy atom. The van der Waals surface area contributed by atoms with Crippen molar-refractivity contribution in [3.63, 3.8) is 0 Å². The fourth-order valence-corrected chi connectivity index (χ4v) is 2.42. The molecule has 2 nitrogen and oxygen atoms in total. The van der Waals surface area contributed by atoms with E-state index in [-0.39, 0.29) is 0 Å². The molecule has 2 unspecified atom stereocenters. The van der Waals surface area contributed by atoms with Crippen molar-refractivity contribution in [3.8, 4) is 0 Å². The van der Waals surface area contributed by atoms with Gasteiger partial charge in [-0.15, -0.1) is 0 Å². The number of hydrogen-bond donors (Lipinski definition) is 1. The van der Waals surface area contributed by atoms with Crippen molar-refractivity contribution in [3.05, 3.63) is 0 Å². The molecule has 2 aliphatic rings. The van der Waals surface area contributed by atoms with Gasteiger partial charge in [-0.1, -0.05) is 20.3 Å². The standard InChI is InChI=1S/C10H18N2/c1-10(2)5-3-4-8-7-11-12-9(8)6-10/h7-9,12H,3-6H2,1-2H3. The van der Waals surface area contributed by atoms with E-state index in [1.165, 1.54) is 25.7 Å². The van der Waals surface area contributed by atoms with E-state index in [1.54, 1.807) is 0 Å². The van der Waals surface area contributed by atoms with Gasteiger partial charge in [-0.2, -0.15) is 5.10 Å². The molecule has 0 spiro atoms. The van der Waals surface area contributed by atoms with Gasteiger partial charge in [0.25, 0.3) is 0 Å². The predicted molar refractivity (Wildman–Crippen MR) is 51.2 cm³/mol. The van der Waals surface area contributed by atoms with Crippen molar-refractivity contribution in [1.82, 2.24) is 5.43 Å². The third kappa shape index (κ3) is 1.47. The molecule has 2 heteroatoms. The van der Waals surface area contributed by atoms with Crippen LogP contribution in [-0.2, 0) is 0 Å². The molecule has 1 N–H and O–H groups in total. The highest BCUT2D eigenvalue weighted by molar-refractivity contribution is 5.63. The first kappa shape index (κ1) is 8.09. The SMILES string of the molecule is CC1(C)CCCC2C=NNC2C1. The second-order valence-corrected chi connectivity index (χ2v) is 4.94. The van der Waals surface area contributed by atoms with E-state index < -0.39 is 0 Å². The summed E-state index contributed by atoms with van der Waals surface area (Å²) in [4.78, 5) is 0. The first-order chi connectivity index (χ1) is 5.67. The van der Waals surface area contributed by atoms with Gasteiger partial charge in [0, 0.05) is 12.1 Å². The lowest BCUT2D eigenvalue weighted by Crippen LogP contribution is -2.30. The molecule has 1 heterocycles. The monoisotopic (exact) mass is 166 g/mol. The highest BCUT2D eigenvalue weighted by Gasteiger charge is 2.33.